The fraction of sp³-hybridized carbons (Fsp3) is 0.100. The van der Waals surface area contributed by atoms with Crippen LogP contribution in [0.25, 0.3) is 11.3 Å². The number of phenolic OH excluding ortho intramolecular Hbond substituents is 1. The van der Waals surface area contributed by atoms with Gasteiger partial charge in [-0.1, -0.05) is 11.6 Å². The summed E-state index contributed by atoms with van der Waals surface area (Å²) in [6, 6.07) is 4.06. The minimum atomic E-state index is -0.709. The van der Waals surface area contributed by atoms with Gasteiger partial charge in [-0.05, 0) is 12.1 Å². The van der Waals surface area contributed by atoms with Crippen LogP contribution in [0.4, 0.5) is 10.2 Å². The van der Waals surface area contributed by atoms with Gasteiger partial charge in [-0.15, -0.1) is 0 Å². The molecular weight excluding hydrogens is 233 g/mol. The van der Waals surface area contributed by atoms with Gasteiger partial charge in [0.1, 0.15) is 17.3 Å². The van der Waals surface area contributed by atoms with Crippen LogP contribution in [0.15, 0.2) is 18.2 Å². The Bertz CT molecular complexity index is 534. The average molecular weight is 242 g/mol. The maximum atomic E-state index is 13.7. The number of aromatic nitrogens is 2. The van der Waals surface area contributed by atoms with Gasteiger partial charge in [-0.25, -0.2) is 4.39 Å². The van der Waals surface area contributed by atoms with Crippen LogP contribution in [-0.4, -0.2) is 14.9 Å². The summed E-state index contributed by atoms with van der Waals surface area (Å²) in [7, 11) is 1.62. The number of nitrogen functional groups attached to an aromatic ring is 1. The van der Waals surface area contributed by atoms with Gasteiger partial charge in [0, 0.05) is 13.1 Å². The van der Waals surface area contributed by atoms with Crippen molar-refractivity contribution in [1.82, 2.24) is 9.78 Å². The zero-order valence-electron chi connectivity index (χ0n) is 8.41. The molecule has 0 saturated carbocycles. The van der Waals surface area contributed by atoms with Gasteiger partial charge in [-0.2, -0.15) is 5.10 Å². The predicted molar refractivity (Wildman–Crippen MR) is 59.7 cm³/mol. The molecule has 0 radical (unpaired) electrons. The first-order valence-electron chi connectivity index (χ1n) is 4.47. The SMILES string of the molecule is Cn1nc(-c2c(O)ccc(Cl)c2F)cc1N. The standard InChI is InChI=1S/C10H9ClFN3O/c1-15-8(13)4-6(14-15)9-7(16)3-2-5(11)10(9)12/h2-4,16H,13H2,1H3. The molecule has 0 fully saturated rings. The lowest BCUT2D eigenvalue weighted by molar-refractivity contribution is 0.471. The van der Waals surface area contributed by atoms with E-state index in [4.69, 9.17) is 17.3 Å². The summed E-state index contributed by atoms with van der Waals surface area (Å²) in [5, 5.41) is 13.5. The molecular formula is C10H9ClFN3O. The van der Waals surface area contributed by atoms with Crippen molar-refractivity contribution in [2.24, 2.45) is 7.05 Å². The topological polar surface area (TPSA) is 64.1 Å². The second kappa shape index (κ2) is 3.68. The van der Waals surface area contributed by atoms with Crippen molar-refractivity contribution in [2.75, 3.05) is 5.73 Å². The smallest absolute Gasteiger partial charge is 0.154 e. The summed E-state index contributed by atoms with van der Waals surface area (Å²) in [5.74, 6) is -0.562. The number of hydrogen-bond donors (Lipinski definition) is 2. The quantitative estimate of drug-likeness (QED) is 0.804. The molecule has 1 aromatic heterocycles. The van der Waals surface area contributed by atoms with Crippen molar-refractivity contribution in [3.8, 4) is 17.0 Å². The van der Waals surface area contributed by atoms with Crippen LogP contribution >= 0.6 is 11.6 Å². The third-order valence-electron chi connectivity index (χ3n) is 2.24. The van der Waals surface area contributed by atoms with Crippen LogP contribution in [0.1, 0.15) is 0 Å². The van der Waals surface area contributed by atoms with E-state index in [0.717, 1.165) is 0 Å². The molecule has 2 rings (SSSR count). The van der Waals surface area contributed by atoms with Gasteiger partial charge in [0.15, 0.2) is 5.82 Å². The molecule has 0 spiro atoms. The van der Waals surface area contributed by atoms with Crippen LogP contribution in [0.2, 0.25) is 5.02 Å². The number of rotatable bonds is 1. The van der Waals surface area contributed by atoms with Crippen LogP contribution in [0.5, 0.6) is 5.75 Å². The average Bonchev–Trinajstić information content (AvgIpc) is 2.54. The van der Waals surface area contributed by atoms with Gasteiger partial charge in [0.05, 0.1) is 10.6 Å². The molecule has 0 saturated heterocycles. The van der Waals surface area contributed by atoms with Crippen molar-refractivity contribution in [3.05, 3.63) is 29.0 Å². The summed E-state index contributed by atoms with van der Waals surface area (Å²) in [4.78, 5) is 0. The minimum Gasteiger partial charge on any atom is -0.507 e. The molecule has 84 valence electrons. The number of hydrogen-bond acceptors (Lipinski definition) is 3. The third kappa shape index (κ3) is 1.59. The first kappa shape index (κ1) is 10.8. The Morgan fingerprint density at radius 1 is 1.50 bits per heavy atom. The number of nitrogens with zero attached hydrogens (tertiary/aromatic N) is 2. The maximum Gasteiger partial charge on any atom is 0.154 e. The molecule has 0 aliphatic heterocycles. The fourth-order valence-electron chi connectivity index (χ4n) is 1.39. The second-order valence-electron chi connectivity index (χ2n) is 3.33. The van der Waals surface area contributed by atoms with Crippen LogP contribution in [-0.2, 0) is 7.05 Å². The Morgan fingerprint density at radius 3 is 2.75 bits per heavy atom. The van der Waals surface area contributed by atoms with Gasteiger partial charge >= 0.3 is 0 Å². The molecule has 16 heavy (non-hydrogen) atoms. The van der Waals surface area contributed by atoms with E-state index in [1.54, 1.807) is 7.05 Å². The molecule has 3 N–H and O–H groups in total. The Kier molecular flexibility index (Phi) is 2.47. The molecule has 0 bridgehead atoms. The Hall–Kier alpha value is -1.75. The summed E-state index contributed by atoms with van der Waals surface area (Å²) < 4.78 is 15.1. The number of nitrogens with two attached hydrogens (primary N) is 1. The van der Waals surface area contributed by atoms with E-state index < -0.39 is 5.82 Å². The molecule has 6 heteroatoms. The van der Waals surface area contributed by atoms with E-state index >= 15 is 0 Å². The minimum absolute atomic E-state index is 0.0419. The largest absolute Gasteiger partial charge is 0.507 e. The van der Waals surface area contributed by atoms with E-state index in [2.05, 4.69) is 5.10 Å². The van der Waals surface area contributed by atoms with E-state index in [9.17, 15) is 9.50 Å². The maximum absolute atomic E-state index is 13.7. The molecule has 2 aromatic rings. The number of aryl methyl sites for hydroxylation is 1. The molecule has 0 atom stereocenters. The number of benzene rings is 1. The summed E-state index contributed by atoms with van der Waals surface area (Å²) in [5.41, 5.74) is 5.79. The van der Waals surface area contributed by atoms with Crippen LogP contribution < -0.4 is 5.73 Å². The lowest BCUT2D eigenvalue weighted by Gasteiger charge is -2.03. The van der Waals surface area contributed by atoms with Crippen molar-refractivity contribution in [3.63, 3.8) is 0 Å². The van der Waals surface area contributed by atoms with Gasteiger partial charge in [0.25, 0.3) is 0 Å². The van der Waals surface area contributed by atoms with Crippen molar-refractivity contribution in [1.29, 1.82) is 0 Å². The van der Waals surface area contributed by atoms with Crippen LogP contribution in [0, 0.1) is 5.82 Å². The van der Waals surface area contributed by atoms with Crippen LogP contribution in [0.3, 0.4) is 0 Å². The number of phenols is 1. The monoisotopic (exact) mass is 241 g/mol. The highest BCUT2D eigenvalue weighted by Crippen LogP contribution is 2.35. The normalized spacial score (nSPS) is 10.7. The van der Waals surface area contributed by atoms with Gasteiger partial charge in [-0.3, -0.25) is 4.68 Å². The summed E-state index contributed by atoms with van der Waals surface area (Å²) in [6.45, 7) is 0. The fourth-order valence-corrected chi connectivity index (χ4v) is 1.55. The van der Waals surface area contributed by atoms with Crippen molar-refractivity contribution < 1.29 is 9.50 Å². The Balaban J connectivity index is 2.68. The zero-order valence-corrected chi connectivity index (χ0v) is 9.16. The van der Waals surface area contributed by atoms with Crippen molar-refractivity contribution >= 4 is 17.4 Å². The first-order chi connectivity index (χ1) is 7.50. The second-order valence-corrected chi connectivity index (χ2v) is 3.74. The lowest BCUT2D eigenvalue weighted by Crippen LogP contribution is -1.96. The summed E-state index contributed by atoms with van der Waals surface area (Å²) >= 11 is 5.63. The summed E-state index contributed by atoms with van der Waals surface area (Å²) in [6.07, 6.45) is 0. The van der Waals surface area contributed by atoms with E-state index in [-0.39, 0.29) is 22.0 Å². The molecule has 0 aliphatic rings. The Labute approximate surface area is 96.1 Å². The van der Waals surface area contributed by atoms with E-state index in [1.807, 2.05) is 0 Å². The highest BCUT2D eigenvalue weighted by Gasteiger charge is 2.17. The molecule has 4 nitrogen and oxygen atoms in total. The molecule has 1 heterocycles. The highest BCUT2D eigenvalue weighted by molar-refractivity contribution is 6.31. The van der Waals surface area contributed by atoms with Gasteiger partial charge < -0.3 is 10.8 Å². The number of anilines is 1. The highest BCUT2D eigenvalue weighted by atomic mass is 35.5. The number of halogens is 2. The number of aromatic hydroxyl groups is 1. The lowest BCUT2D eigenvalue weighted by atomic mass is 10.1. The molecule has 0 aliphatic carbocycles. The van der Waals surface area contributed by atoms with Crippen molar-refractivity contribution in [2.45, 2.75) is 0 Å². The molecule has 1 aromatic carbocycles. The third-order valence-corrected chi connectivity index (χ3v) is 2.54. The zero-order chi connectivity index (χ0) is 11.9. The molecule has 0 amide bonds. The Morgan fingerprint density at radius 2 is 2.19 bits per heavy atom. The van der Waals surface area contributed by atoms with E-state index in [1.165, 1.54) is 22.9 Å². The van der Waals surface area contributed by atoms with Gasteiger partial charge in [0.2, 0.25) is 0 Å². The van der Waals surface area contributed by atoms with E-state index in [0.29, 0.717) is 5.82 Å². The predicted octanol–water partition coefficient (Wildman–Crippen LogP) is 2.17. The molecule has 0 unspecified atom stereocenters. The first-order valence-corrected chi connectivity index (χ1v) is 4.85.